The van der Waals surface area contributed by atoms with Crippen LogP contribution in [0, 0.1) is 5.41 Å². The second-order valence-corrected chi connectivity index (χ2v) is 5.73. The predicted molar refractivity (Wildman–Crippen MR) is 95.8 cm³/mol. The van der Waals surface area contributed by atoms with Gasteiger partial charge in [0.15, 0.2) is 0 Å². The molecule has 0 atom stereocenters. The second kappa shape index (κ2) is 6.37. The Morgan fingerprint density at radius 1 is 0.960 bits per heavy atom. The van der Waals surface area contributed by atoms with Crippen LogP contribution < -0.4 is 5.49 Å². The number of benzene rings is 2. The van der Waals surface area contributed by atoms with E-state index in [2.05, 4.69) is 4.98 Å². The van der Waals surface area contributed by atoms with E-state index in [-0.39, 0.29) is 12.1 Å². The molecule has 0 saturated heterocycles. The SMILES string of the molecule is N=c1c2c(-c3ccccc3)c(-c3ccccc3)oc2ncn1CCO. The van der Waals surface area contributed by atoms with Gasteiger partial charge < -0.3 is 14.1 Å². The molecule has 0 aliphatic rings. The number of fused-ring (bicyclic) bond motifs is 1. The van der Waals surface area contributed by atoms with Crippen LogP contribution in [0.4, 0.5) is 0 Å². The van der Waals surface area contributed by atoms with Crippen molar-refractivity contribution >= 4 is 11.1 Å². The van der Waals surface area contributed by atoms with Gasteiger partial charge in [0.25, 0.3) is 0 Å². The third-order valence-electron chi connectivity index (χ3n) is 4.17. The molecule has 0 radical (unpaired) electrons. The van der Waals surface area contributed by atoms with Crippen LogP contribution in [0.2, 0.25) is 0 Å². The molecule has 4 rings (SSSR count). The maximum Gasteiger partial charge on any atom is 0.232 e. The topological polar surface area (TPSA) is 75.0 Å². The minimum atomic E-state index is -0.0478. The summed E-state index contributed by atoms with van der Waals surface area (Å²) < 4.78 is 7.67. The molecule has 4 aromatic rings. The van der Waals surface area contributed by atoms with Gasteiger partial charge in [-0.25, -0.2) is 4.98 Å². The van der Waals surface area contributed by atoms with Crippen molar-refractivity contribution in [1.82, 2.24) is 9.55 Å². The summed E-state index contributed by atoms with van der Waals surface area (Å²) in [6.45, 7) is 0.273. The molecule has 2 heterocycles. The molecule has 0 unspecified atom stereocenters. The van der Waals surface area contributed by atoms with Gasteiger partial charge in [-0.1, -0.05) is 60.7 Å². The van der Waals surface area contributed by atoms with Crippen LogP contribution in [-0.2, 0) is 6.54 Å². The first-order valence-electron chi connectivity index (χ1n) is 8.08. The predicted octanol–water partition coefficient (Wildman–Crippen LogP) is 3.44. The van der Waals surface area contributed by atoms with Crippen LogP contribution in [0.25, 0.3) is 33.6 Å². The number of nitrogens with one attached hydrogen (secondary N) is 1. The summed E-state index contributed by atoms with van der Waals surface area (Å²) in [5.74, 6) is 0.699. The summed E-state index contributed by atoms with van der Waals surface area (Å²) in [5, 5.41) is 18.4. The Morgan fingerprint density at radius 2 is 1.60 bits per heavy atom. The molecular formula is C20H17N3O2. The molecule has 2 aromatic carbocycles. The first-order valence-corrected chi connectivity index (χ1v) is 8.08. The first-order chi connectivity index (χ1) is 12.3. The molecule has 0 bridgehead atoms. The number of nitrogens with zero attached hydrogens (tertiary/aromatic N) is 2. The zero-order valence-corrected chi connectivity index (χ0v) is 13.5. The Balaban J connectivity index is 2.09. The highest BCUT2D eigenvalue weighted by Crippen LogP contribution is 2.38. The number of aliphatic hydroxyl groups excluding tert-OH is 1. The van der Waals surface area contributed by atoms with Crippen molar-refractivity contribution in [2.45, 2.75) is 6.54 Å². The summed E-state index contributed by atoms with van der Waals surface area (Å²) in [5.41, 5.74) is 3.47. The van der Waals surface area contributed by atoms with Gasteiger partial charge in [0.2, 0.25) is 5.71 Å². The highest BCUT2D eigenvalue weighted by molar-refractivity contribution is 5.99. The van der Waals surface area contributed by atoms with Crippen LogP contribution in [0.15, 0.2) is 71.4 Å². The van der Waals surface area contributed by atoms with E-state index in [0.717, 1.165) is 16.7 Å². The fourth-order valence-corrected chi connectivity index (χ4v) is 3.00. The number of hydrogen-bond donors (Lipinski definition) is 2. The molecule has 25 heavy (non-hydrogen) atoms. The molecule has 5 nitrogen and oxygen atoms in total. The van der Waals surface area contributed by atoms with E-state index in [4.69, 9.17) is 9.83 Å². The average molecular weight is 331 g/mol. The molecule has 0 saturated carbocycles. The van der Waals surface area contributed by atoms with Gasteiger partial charge >= 0.3 is 0 Å². The molecule has 2 aromatic heterocycles. The highest BCUT2D eigenvalue weighted by atomic mass is 16.3. The zero-order valence-electron chi connectivity index (χ0n) is 13.5. The summed E-state index contributed by atoms with van der Waals surface area (Å²) in [6.07, 6.45) is 1.54. The summed E-state index contributed by atoms with van der Waals surface area (Å²) in [6, 6.07) is 19.7. The van der Waals surface area contributed by atoms with Crippen LogP contribution in [-0.4, -0.2) is 21.3 Å². The van der Waals surface area contributed by atoms with E-state index in [9.17, 15) is 5.11 Å². The lowest BCUT2D eigenvalue weighted by Crippen LogP contribution is -2.22. The second-order valence-electron chi connectivity index (χ2n) is 5.73. The number of aliphatic hydroxyl groups is 1. The highest BCUT2D eigenvalue weighted by Gasteiger charge is 2.20. The minimum Gasteiger partial charge on any atom is -0.437 e. The Hall–Kier alpha value is -3.18. The molecule has 0 aliphatic heterocycles. The van der Waals surface area contributed by atoms with E-state index in [1.54, 1.807) is 4.57 Å². The van der Waals surface area contributed by atoms with Crippen molar-refractivity contribution in [2.75, 3.05) is 6.61 Å². The van der Waals surface area contributed by atoms with E-state index in [1.165, 1.54) is 6.33 Å². The van der Waals surface area contributed by atoms with E-state index in [0.29, 0.717) is 23.4 Å². The normalized spacial score (nSPS) is 11.1. The molecule has 124 valence electrons. The lowest BCUT2D eigenvalue weighted by molar-refractivity contribution is 0.273. The first kappa shape index (κ1) is 15.4. The van der Waals surface area contributed by atoms with E-state index >= 15 is 0 Å². The fourth-order valence-electron chi connectivity index (χ4n) is 3.00. The van der Waals surface area contributed by atoms with Crippen LogP contribution in [0.1, 0.15) is 0 Å². The van der Waals surface area contributed by atoms with Gasteiger partial charge in [-0.2, -0.15) is 0 Å². The van der Waals surface area contributed by atoms with Gasteiger partial charge in [-0.15, -0.1) is 0 Å². The summed E-state index contributed by atoms with van der Waals surface area (Å²) in [7, 11) is 0. The Labute approximate surface area is 144 Å². The van der Waals surface area contributed by atoms with Crippen molar-refractivity contribution in [3.8, 4) is 22.5 Å². The number of rotatable bonds is 4. The molecule has 0 fully saturated rings. The molecule has 0 spiro atoms. The van der Waals surface area contributed by atoms with Crippen molar-refractivity contribution in [1.29, 1.82) is 5.41 Å². The van der Waals surface area contributed by atoms with E-state index in [1.807, 2.05) is 60.7 Å². The maximum absolute atomic E-state index is 9.23. The lowest BCUT2D eigenvalue weighted by atomic mass is 10.00. The Bertz CT molecular complexity index is 1070. The lowest BCUT2D eigenvalue weighted by Gasteiger charge is -2.06. The van der Waals surface area contributed by atoms with Crippen molar-refractivity contribution in [3.05, 3.63) is 72.5 Å². The minimum absolute atomic E-state index is 0.0478. The van der Waals surface area contributed by atoms with Gasteiger partial charge in [0.1, 0.15) is 17.6 Å². The van der Waals surface area contributed by atoms with Crippen LogP contribution in [0.5, 0.6) is 0 Å². The molecule has 0 aliphatic carbocycles. The molecule has 2 N–H and O–H groups in total. The third kappa shape index (κ3) is 2.64. The largest absolute Gasteiger partial charge is 0.437 e. The maximum atomic E-state index is 9.23. The van der Waals surface area contributed by atoms with Crippen molar-refractivity contribution < 1.29 is 9.52 Å². The van der Waals surface area contributed by atoms with Gasteiger partial charge in [-0.05, 0) is 5.56 Å². The van der Waals surface area contributed by atoms with Crippen molar-refractivity contribution in [3.63, 3.8) is 0 Å². The average Bonchev–Trinajstić information content (AvgIpc) is 3.06. The quantitative estimate of drug-likeness (QED) is 0.601. The van der Waals surface area contributed by atoms with Gasteiger partial charge in [0.05, 0.1) is 12.0 Å². The number of furan rings is 1. The smallest absolute Gasteiger partial charge is 0.232 e. The standard InChI is InChI=1S/C20H17N3O2/c21-19-17-16(14-7-3-1-4-8-14)18(15-9-5-2-6-10-15)25-20(17)22-13-23(19)11-12-24/h1-10,13,21,24H,11-12H2. The summed E-state index contributed by atoms with van der Waals surface area (Å²) >= 11 is 0. The molecule has 0 amide bonds. The fraction of sp³-hybridized carbons (Fsp3) is 0.100. The van der Waals surface area contributed by atoms with Gasteiger partial charge in [-0.3, -0.25) is 5.41 Å². The zero-order chi connectivity index (χ0) is 17.2. The van der Waals surface area contributed by atoms with Crippen molar-refractivity contribution in [2.24, 2.45) is 0 Å². The third-order valence-corrected chi connectivity index (χ3v) is 4.17. The monoisotopic (exact) mass is 331 g/mol. The number of aromatic nitrogens is 2. The van der Waals surface area contributed by atoms with Gasteiger partial charge in [0, 0.05) is 17.7 Å². The van der Waals surface area contributed by atoms with Crippen LogP contribution in [0.3, 0.4) is 0 Å². The Kier molecular flexibility index (Phi) is 3.91. The Morgan fingerprint density at radius 3 is 2.24 bits per heavy atom. The number of hydrogen-bond acceptors (Lipinski definition) is 4. The van der Waals surface area contributed by atoms with Crippen LogP contribution >= 0.6 is 0 Å². The molecular weight excluding hydrogens is 314 g/mol. The summed E-state index contributed by atoms with van der Waals surface area (Å²) in [4.78, 5) is 4.36. The van der Waals surface area contributed by atoms with E-state index < -0.39 is 0 Å². The molecule has 5 heteroatoms.